The molecule has 120 valence electrons. The number of amides is 2. The van der Waals surface area contributed by atoms with E-state index in [1.807, 2.05) is 0 Å². The lowest BCUT2D eigenvalue weighted by atomic mass is 9.95. The number of carbonyl (C=O) groups excluding carboxylic acids is 2. The zero-order valence-electron chi connectivity index (χ0n) is 12.3. The average molecular weight is 302 g/mol. The summed E-state index contributed by atoms with van der Waals surface area (Å²) in [5.41, 5.74) is -0.958. The first-order chi connectivity index (χ1) is 9.75. The third kappa shape index (κ3) is 5.58. The van der Waals surface area contributed by atoms with Crippen LogP contribution in [0.3, 0.4) is 0 Å². The molecule has 1 rings (SSSR count). The standard InChI is InChI=1S/C13H22N2O6/c1-13(20)6-3-7-15(8-13)12(19)14-9(11(17)18)4-5-10(16)21-2/h9,20H,3-8H2,1-2H3,(H,14,19)(H,17,18)/t9-,13?/m1/s1. The summed E-state index contributed by atoms with van der Waals surface area (Å²) in [7, 11) is 1.21. The molecule has 0 aromatic carbocycles. The van der Waals surface area contributed by atoms with Crippen LogP contribution in [-0.4, -0.2) is 64.9 Å². The largest absolute Gasteiger partial charge is 0.480 e. The number of carbonyl (C=O) groups is 3. The molecule has 8 nitrogen and oxygen atoms in total. The Labute approximate surface area is 123 Å². The van der Waals surface area contributed by atoms with E-state index in [9.17, 15) is 19.5 Å². The van der Waals surface area contributed by atoms with Crippen LogP contribution >= 0.6 is 0 Å². The van der Waals surface area contributed by atoms with Crippen molar-refractivity contribution in [3.63, 3.8) is 0 Å². The molecule has 0 bridgehead atoms. The first-order valence-electron chi connectivity index (χ1n) is 6.82. The molecular weight excluding hydrogens is 280 g/mol. The molecule has 8 heteroatoms. The fourth-order valence-electron chi connectivity index (χ4n) is 2.26. The van der Waals surface area contributed by atoms with Crippen molar-refractivity contribution < 1.29 is 29.3 Å². The Balaban J connectivity index is 2.56. The Hall–Kier alpha value is -1.83. The molecule has 2 amide bonds. The second-order valence-corrected chi connectivity index (χ2v) is 5.48. The number of carboxylic acid groups (broad SMARTS) is 1. The average Bonchev–Trinajstić information content (AvgIpc) is 2.41. The van der Waals surface area contributed by atoms with E-state index in [0.717, 1.165) is 0 Å². The van der Waals surface area contributed by atoms with Crippen LogP contribution in [0.5, 0.6) is 0 Å². The van der Waals surface area contributed by atoms with Gasteiger partial charge in [0.15, 0.2) is 0 Å². The van der Waals surface area contributed by atoms with Gasteiger partial charge in [0.2, 0.25) is 0 Å². The van der Waals surface area contributed by atoms with Gasteiger partial charge in [0, 0.05) is 13.0 Å². The highest BCUT2D eigenvalue weighted by Crippen LogP contribution is 2.20. The number of likely N-dealkylation sites (tertiary alicyclic amines) is 1. The Bertz CT molecular complexity index is 409. The van der Waals surface area contributed by atoms with Gasteiger partial charge in [0.05, 0.1) is 19.3 Å². The maximum Gasteiger partial charge on any atom is 0.326 e. The van der Waals surface area contributed by atoms with E-state index in [1.54, 1.807) is 6.92 Å². The Morgan fingerprint density at radius 2 is 2.10 bits per heavy atom. The van der Waals surface area contributed by atoms with Crippen LogP contribution in [0.2, 0.25) is 0 Å². The lowest BCUT2D eigenvalue weighted by Crippen LogP contribution is -2.54. The number of β-amino-alcohol motifs (C(OH)–C–C–N with tert-alkyl or cyclic N) is 1. The maximum absolute atomic E-state index is 12.0. The molecule has 0 aromatic heterocycles. The molecule has 0 radical (unpaired) electrons. The Kier molecular flexibility index (Phi) is 5.95. The maximum atomic E-state index is 12.0. The predicted octanol–water partition coefficient (Wildman–Crippen LogP) is -0.0508. The lowest BCUT2D eigenvalue weighted by Gasteiger charge is -2.37. The number of aliphatic carboxylic acids is 1. The number of hydrogen-bond acceptors (Lipinski definition) is 5. The summed E-state index contributed by atoms with van der Waals surface area (Å²) in [6.45, 7) is 2.26. The van der Waals surface area contributed by atoms with Gasteiger partial charge in [0.25, 0.3) is 0 Å². The van der Waals surface area contributed by atoms with E-state index in [0.29, 0.717) is 19.4 Å². The summed E-state index contributed by atoms with van der Waals surface area (Å²) >= 11 is 0. The van der Waals surface area contributed by atoms with E-state index in [4.69, 9.17) is 5.11 Å². The number of aliphatic hydroxyl groups is 1. The van der Waals surface area contributed by atoms with Gasteiger partial charge in [-0.25, -0.2) is 9.59 Å². The fraction of sp³-hybridized carbons (Fsp3) is 0.769. The molecule has 1 saturated heterocycles. The van der Waals surface area contributed by atoms with Gasteiger partial charge < -0.3 is 25.2 Å². The number of esters is 1. The molecular formula is C13H22N2O6. The molecule has 0 saturated carbocycles. The van der Waals surface area contributed by atoms with Crippen LogP contribution in [0.4, 0.5) is 4.79 Å². The normalized spacial score (nSPS) is 23.3. The van der Waals surface area contributed by atoms with Crippen molar-refractivity contribution in [1.29, 1.82) is 0 Å². The molecule has 1 aliphatic rings. The molecule has 0 spiro atoms. The minimum atomic E-state index is -1.21. The van der Waals surface area contributed by atoms with E-state index >= 15 is 0 Å². The second-order valence-electron chi connectivity index (χ2n) is 5.48. The van der Waals surface area contributed by atoms with Gasteiger partial charge in [-0.2, -0.15) is 0 Å². The van der Waals surface area contributed by atoms with Gasteiger partial charge in [-0.15, -0.1) is 0 Å². The van der Waals surface area contributed by atoms with Crippen LogP contribution in [0.15, 0.2) is 0 Å². The third-order valence-corrected chi connectivity index (χ3v) is 3.42. The SMILES string of the molecule is COC(=O)CC[C@@H](NC(=O)N1CCCC(C)(O)C1)C(=O)O. The Morgan fingerprint density at radius 1 is 1.43 bits per heavy atom. The number of ether oxygens (including phenoxy) is 1. The highest BCUT2D eigenvalue weighted by molar-refractivity contribution is 5.83. The Morgan fingerprint density at radius 3 is 2.62 bits per heavy atom. The molecule has 21 heavy (non-hydrogen) atoms. The van der Waals surface area contributed by atoms with Crippen LogP contribution in [0, 0.1) is 0 Å². The fourth-order valence-corrected chi connectivity index (χ4v) is 2.26. The van der Waals surface area contributed by atoms with Crippen LogP contribution < -0.4 is 5.32 Å². The van der Waals surface area contributed by atoms with Crippen molar-refractivity contribution in [3.8, 4) is 0 Å². The number of nitrogens with one attached hydrogen (secondary N) is 1. The molecule has 0 aromatic rings. The van der Waals surface area contributed by atoms with Crippen LogP contribution in [0.25, 0.3) is 0 Å². The quantitative estimate of drug-likeness (QED) is 0.613. The summed E-state index contributed by atoms with van der Waals surface area (Å²) in [5.74, 6) is -1.74. The number of rotatable bonds is 5. The predicted molar refractivity (Wildman–Crippen MR) is 72.6 cm³/mol. The first kappa shape index (κ1) is 17.2. The third-order valence-electron chi connectivity index (χ3n) is 3.42. The van der Waals surface area contributed by atoms with Gasteiger partial charge in [-0.05, 0) is 26.2 Å². The second kappa shape index (κ2) is 7.26. The summed E-state index contributed by atoms with van der Waals surface area (Å²) in [6, 6.07) is -1.71. The van der Waals surface area contributed by atoms with E-state index < -0.39 is 29.6 Å². The first-order valence-corrected chi connectivity index (χ1v) is 6.82. The van der Waals surface area contributed by atoms with Crippen LogP contribution in [0.1, 0.15) is 32.6 Å². The lowest BCUT2D eigenvalue weighted by molar-refractivity contribution is -0.142. The molecule has 1 aliphatic heterocycles. The highest BCUT2D eigenvalue weighted by Gasteiger charge is 2.32. The summed E-state index contributed by atoms with van der Waals surface area (Å²) in [6.07, 6.45) is 1.12. The zero-order chi connectivity index (χ0) is 16.0. The number of carboxylic acids is 1. The minimum Gasteiger partial charge on any atom is -0.480 e. The van der Waals surface area contributed by atoms with Gasteiger partial charge in [0.1, 0.15) is 6.04 Å². The monoisotopic (exact) mass is 302 g/mol. The number of urea groups is 1. The van der Waals surface area contributed by atoms with E-state index in [-0.39, 0.29) is 19.4 Å². The van der Waals surface area contributed by atoms with Crippen LogP contribution in [-0.2, 0) is 14.3 Å². The van der Waals surface area contributed by atoms with Gasteiger partial charge in [-0.1, -0.05) is 0 Å². The van der Waals surface area contributed by atoms with Gasteiger partial charge in [-0.3, -0.25) is 4.79 Å². The number of hydrogen-bond donors (Lipinski definition) is 3. The van der Waals surface area contributed by atoms with E-state index in [1.165, 1.54) is 12.0 Å². The van der Waals surface area contributed by atoms with E-state index in [2.05, 4.69) is 10.1 Å². The molecule has 2 atom stereocenters. The molecule has 1 fully saturated rings. The molecule has 3 N–H and O–H groups in total. The molecule has 0 aliphatic carbocycles. The highest BCUT2D eigenvalue weighted by atomic mass is 16.5. The zero-order valence-corrected chi connectivity index (χ0v) is 12.3. The van der Waals surface area contributed by atoms with Crippen molar-refractivity contribution in [1.82, 2.24) is 10.2 Å². The van der Waals surface area contributed by atoms with Crippen molar-refractivity contribution in [2.75, 3.05) is 20.2 Å². The van der Waals surface area contributed by atoms with Crippen molar-refractivity contribution in [2.45, 2.75) is 44.2 Å². The number of methoxy groups -OCH3 is 1. The summed E-state index contributed by atoms with van der Waals surface area (Å²) in [5, 5.41) is 21.4. The minimum absolute atomic E-state index is 0.0437. The summed E-state index contributed by atoms with van der Waals surface area (Å²) < 4.78 is 4.44. The van der Waals surface area contributed by atoms with Gasteiger partial charge >= 0.3 is 18.0 Å². The van der Waals surface area contributed by atoms with Crippen molar-refractivity contribution >= 4 is 18.0 Å². The number of piperidine rings is 1. The molecule has 1 unspecified atom stereocenters. The van der Waals surface area contributed by atoms with Crippen molar-refractivity contribution in [2.24, 2.45) is 0 Å². The smallest absolute Gasteiger partial charge is 0.326 e. The van der Waals surface area contributed by atoms with Crippen molar-refractivity contribution in [3.05, 3.63) is 0 Å². The topological polar surface area (TPSA) is 116 Å². The number of nitrogens with zero attached hydrogens (tertiary/aromatic N) is 1. The summed E-state index contributed by atoms with van der Waals surface area (Å²) in [4.78, 5) is 35.6. The molecule has 1 heterocycles.